The summed E-state index contributed by atoms with van der Waals surface area (Å²) in [6.07, 6.45) is 0. The van der Waals surface area contributed by atoms with Crippen molar-refractivity contribution in [3.05, 3.63) is 0 Å². The molecule has 0 saturated carbocycles. The van der Waals surface area contributed by atoms with Gasteiger partial charge in [-0.25, -0.2) is 10.5 Å². The Morgan fingerprint density at radius 3 is 0.714 bits per heavy atom. The molecule has 0 spiro atoms. The van der Waals surface area contributed by atoms with Crippen molar-refractivity contribution in [3.8, 4) is 0 Å². The minimum atomic E-state index is 0. The molecule has 0 aromatic carbocycles. The second-order valence-corrected chi connectivity index (χ2v) is 0.0816. The molecule has 0 heterocycles. The molecule has 7 heteroatoms. The fourth-order valence-electron chi connectivity index (χ4n) is 0. The number of rotatable bonds is 0. The third kappa shape index (κ3) is 272. The van der Waals surface area contributed by atoms with Gasteiger partial charge in [0.15, 0.2) is 0 Å². The third-order valence-corrected chi connectivity index (χ3v) is 0. The van der Waals surface area contributed by atoms with Crippen LogP contribution in [0.15, 0.2) is 0 Å². The van der Waals surface area contributed by atoms with Crippen LogP contribution >= 0.6 is 0 Å². The standard InChI is InChI=1S/H2O3.4Si/c1-3-2;;;;/h1-2H;;;;. The molecular formula is H2O3Si4. The van der Waals surface area contributed by atoms with Crippen LogP contribution in [0.1, 0.15) is 0 Å². The van der Waals surface area contributed by atoms with Crippen LogP contribution in [0.2, 0.25) is 0 Å². The first kappa shape index (κ1) is 46.7. The van der Waals surface area contributed by atoms with E-state index in [0.29, 0.717) is 0 Å². The molecule has 0 fully saturated rings. The molecule has 0 bridgehead atoms. The minimum absolute atomic E-state index is 0. The second-order valence-electron chi connectivity index (χ2n) is 0.0816. The van der Waals surface area contributed by atoms with Gasteiger partial charge in [0.05, 0.1) is 0 Å². The molecule has 2 N–H and O–H groups in total. The Morgan fingerprint density at radius 2 is 0.714 bits per heavy atom. The van der Waals surface area contributed by atoms with E-state index in [2.05, 4.69) is 5.04 Å². The Balaban J connectivity index is -0.00000000333. The van der Waals surface area contributed by atoms with E-state index >= 15 is 0 Å². The molecule has 0 rings (SSSR count). The zero-order valence-corrected chi connectivity index (χ0v) is 7.30. The Hall–Kier alpha value is 0.748. The van der Waals surface area contributed by atoms with Crippen LogP contribution in [0, 0.1) is 0 Å². The lowest BCUT2D eigenvalue weighted by Gasteiger charge is -1.56. The molecule has 36 valence electrons. The normalized spacial score (nSPS) is 2.57. The van der Waals surface area contributed by atoms with Gasteiger partial charge < -0.3 is 0 Å². The highest BCUT2D eigenvalue weighted by molar-refractivity contribution is 5.76. The van der Waals surface area contributed by atoms with Crippen LogP contribution in [-0.4, -0.2) is 54.4 Å². The molecule has 0 atom stereocenters. The SMILES string of the molecule is OOO.[Si].[Si].[Si].[Si]. The summed E-state index contributed by atoms with van der Waals surface area (Å²) in [7, 11) is 0. The van der Waals surface area contributed by atoms with Crippen molar-refractivity contribution in [1.82, 2.24) is 0 Å². The molecule has 16 radical (unpaired) electrons. The maximum atomic E-state index is 6.62. The molecule has 7 heavy (non-hydrogen) atoms. The molecule has 0 aliphatic carbocycles. The van der Waals surface area contributed by atoms with E-state index < -0.39 is 0 Å². The molecule has 0 aromatic rings. The van der Waals surface area contributed by atoms with Crippen LogP contribution in [0.3, 0.4) is 0 Å². The Kier molecular flexibility index (Phi) is 487. The van der Waals surface area contributed by atoms with Crippen LogP contribution in [0.5, 0.6) is 0 Å². The van der Waals surface area contributed by atoms with Crippen molar-refractivity contribution >= 4 is 43.9 Å². The summed E-state index contributed by atoms with van der Waals surface area (Å²) < 4.78 is 0. The van der Waals surface area contributed by atoms with E-state index in [0.717, 1.165) is 0 Å². The molecule has 0 aliphatic rings. The first-order chi connectivity index (χ1) is 1.41. The molecule has 0 saturated heterocycles. The van der Waals surface area contributed by atoms with Gasteiger partial charge in [0.1, 0.15) is 0 Å². The van der Waals surface area contributed by atoms with E-state index in [1.165, 1.54) is 0 Å². The Bertz CT molecular complexity index is 6.90. The van der Waals surface area contributed by atoms with Crippen molar-refractivity contribution in [2.45, 2.75) is 0 Å². The van der Waals surface area contributed by atoms with Crippen molar-refractivity contribution in [3.63, 3.8) is 0 Å². The lowest BCUT2D eigenvalue weighted by Crippen LogP contribution is -1.60. The van der Waals surface area contributed by atoms with Crippen molar-refractivity contribution in [2.75, 3.05) is 0 Å². The molecule has 0 amide bonds. The summed E-state index contributed by atoms with van der Waals surface area (Å²) in [5.74, 6) is 0. The monoisotopic (exact) mass is 162 g/mol. The fourth-order valence-corrected chi connectivity index (χ4v) is 0. The van der Waals surface area contributed by atoms with Crippen LogP contribution < -0.4 is 0 Å². The van der Waals surface area contributed by atoms with Gasteiger partial charge in [0.2, 0.25) is 0 Å². The van der Waals surface area contributed by atoms with Gasteiger partial charge in [-0.2, -0.15) is 0 Å². The zero-order valence-electron chi connectivity index (χ0n) is 3.30. The third-order valence-electron chi connectivity index (χ3n) is 0. The summed E-state index contributed by atoms with van der Waals surface area (Å²) >= 11 is 0. The highest BCUT2D eigenvalue weighted by atomic mass is 28.1. The molecule has 0 aromatic heterocycles. The van der Waals surface area contributed by atoms with Gasteiger partial charge in [-0.1, -0.05) is 5.04 Å². The summed E-state index contributed by atoms with van der Waals surface area (Å²) in [4.78, 5) is 0. The summed E-state index contributed by atoms with van der Waals surface area (Å²) in [5.41, 5.74) is 0. The van der Waals surface area contributed by atoms with Gasteiger partial charge in [0, 0.05) is 43.9 Å². The van der Waals surface area contributed by atoms with Crippen LogP contribution in [0.4, 0.5) is 0 Å². The topological polar surface area (TPSA) is 49.7 Å². The number of hydrogen-bond donors (Lipinski definition) is 2. The maximum absolute atomic E-state index is 6.62. The van der Waals surface area contributed by atoms with Gasteiger partial charge in [-0.05, 0) is 0 Å². The molecule has 3 nitrogen and oxygen atoms in total. The molecular weight excluding hydrogens is 160 g/mol. The first-order valence-corrected chi connectivity index (χ1v) is 0.365. The highest BCUT2D eigenvalue weighted by Crippen LogP contribution is 1.24. The fraction of sp³-hybridized carbons (Fsp3) is 0. The average Bonchev–Trinajstić information content (AvgIpc) is 0.918. The van der Waals surface area contributed by atoms with E-state index in [-0.39, 0.29) is 43.9 Å². The Labute approximate surface area is 60.0 Å². The van der Waals surface area contributed by atoms with E-state index in [4.69, 9.17) is 10.5 Å². The first-order valence-electron chi connectivity index (χ1n) is 0.365. The summed E-state index contributed by atoms with van der Waals surface area (Å²) in [6, 6.07) is 0. The average molecular weight is 162 g/mol. The van der Waals surface area contributed by atoms with Crippen LogP contribution in [-0.2, 0) is 5.04 Å². The number of hydrogen-bond acceptors (Lipinski definition) is 3. The van der Waals surface area contributed by atoms with Crippen molar-refractivity contribution < 1.29 is 15.6 Å². The van der Waals surface area contributed by atoms with Gasteiger partial charge in [-0.15, -0.1) is 0 Å². The van der Waals surface area contributed by atoms with E-state index in [1.807, 2.05) is 0 Å². The largest absolute Gasteiger partial charge is 0.221 e. The van der Waals surface area contributed by atoms with Crippen LogP contribution in [0.25, 0.3) is 0 Å². The highest BCUT2D eigenvalue weighted by Gasteiger charge is 1.27. The second kappa shape index (κ2) is 73.0. The van der Waals surface area contributed by atoms with Gasteiger partial charge in [0.25, 0.3) is 0 Å². The van der Waals surface area contributed by atoms with E-state index in [1.54, 1.807) is 0 Å². The van der Waals surface area contributed by atoms with Gasteiger partial charge >= 0.3 is 0 Å². The van der Waals surface area contributed by atoms with E-state index in [9.17, 15) is 0 Å². The lowest BCUT2D eigenvalue weighted by molar-refractivity contribution is -0.465. The molecule has 0 unspecified atom stereocenters. The van der Waals surface area contributed by atoms with Gasteiger partial charge in [-0.3, -0.25) is 0 Å². The van der Waals surface area contributed by atoms with Crippen molar-refractivity contribution in [2.24, 2.45) is 0 Å². The van der Waals surface area contributed by atoms with Crippen molar-refractivity contribution in [1.29, 1.82) is 0 Å². The predicted octanol–water partition coefficient (Wildman–Crippen LogP) is -1.57. The minimum Gasteiger partial charge on any atom is -0.221 e. The smallest absolute Gasteiger partial charge is 0 e. The summed E-state index contributed by atoms with van der Waals surface area (Å²) in [6.45, 7) is 0. The zero-order chi connectivity index (χ0) is 2.71. The Morgan fingerprint density at radius 1 is 0.714 bits per heavy atom. The summed E-state index contributed by atoms with van der Waals surface area (Å²) in [5, 5.41) is 15.5. The molecule has 0 aliphatic heterocycles. The lowest BCUT2D eigenvalue weighted by atomic mass is 14.6. The maximum Gasteiger partial charge on any atom is 0 e. The quantitative estimate of drug-likeness (QED) is 0.257. The predicted molar refractivity (Wildman–Crippen MR) is 29.4 cm³/mol.